The van der Waals surface area contributed by atoms with Crippen molar-refractivity contribution in [3.05, 3.63) is 17.5 Å². The summed E-state index contributed by atoms with van der Waals surface area (Å²) in [5, 5.41) is 3.79. The van der Waals surface area contributed by atoms with E-state index in [-0.39, 0.29) is 5.91 Å². The van der Waals surface area contributed by atoms with Gasteiger partial charge in [0.15, 0.2) is 5.69 Å². The van der Waals surface area contributed by atoms with Crippen LogP contribution in [0, 0.1) is 18.8 Å². The third-order valence-corrected chi connectivity index (χ3v) is 3.80. The van der Waals surface area contributed by atoms with Crippen molar-refractivity contribution >= 4 is 5.91 Å². The molecule has 0 saturated carbocycles. The second-order valence-electron chi connectivity index (χ2n) is 5.27. The Morgan fingerprint density at radius 3 is 2.53 bits per heavy atom. The highest BCUT2D eigenvalue weighted by Crippen LogP contribution is 2.30. The summed E-state index contributed by atoms with van der Waals surface area (Å²) in [6.45, 7) is 5.73. The maximum atomic E-state index is 12.2. The van der Waals surface area contributed by atoms with Crippen LogP contribution in [0.3, 0.4) is 0 Å². The minimum Gasteiger partial charge on any atom is -0.361 e. The summed E-state index contributed by atoms with van der Waals surface area (Å²) in [6.07, 6.45) is 0. The number of carbonyl (C=O) groups is 1. The quantitative estimate of drug-likeness (QED) is 0.716. The van der Waals surface area contributed by atoms with Crippen LogP contribution in [0.2, 0.25) is 0 Å². The van der Waals surface area contributed by atoms with Crippen LogP contribution in [0.1, 0.15) is 16.2 Å². The third-order valence-electron chi connectivity index (χ3n) is 3.80. The van der Waals surface area contributed by atoms with Crippen molar-refractivity contribution in [2.24, 2.45) is 11.8 Å². The van der Waals surface area contributed by atoms with Crippen molar-refractivity contribution < 1.29 is 9.32 Å². The van der Waals surface area contributed by atoms with Gasteiger partial charge < -0.3 is 14.3 Å². The van der Waals surface area contributed by atoms with Crippen LogP contribution in [0.25, 0.3) is 0 Å². The number of likely N-dealkylation sites (tertiary alicyclic amines) is 2. The molecule has 2 saturated heterocycles. The Bertz CT molecular complexity index is 429. The maximum Gasteiger partial charge on any atom is 0.276 e. The summed E-state index contributed by atoms with van der Waals surface area (Å²) < 4.78 is 4.95. The molecule has 2 fully saturated rings. The number of fused-ring (bicyclic) bond motifs is 1. The molecule has 0 aliphatic carbocycles. The van der Waals surface area contributed by atoms with Crippen molar-refractivity contribution in [1.82, 2.24) is 15.0 Å². The van der Waals surface area contributed by atoms with Crippen LogP contribution in [0.5, 0.6) is 0 Å². The van der Waals surface area contributed by atoms with Crippen LogP contribution in [-0.2, 0) is 0 Å². The SMILES string of the molecule is Cc1cc(C(=O)N2CC3CN(C)CC3C2)no1. The van der Waals surface area contributed by atoms with Crippen LogP contribution in [0.15, 0.2) is 10.6 Å². The van der Waals surface area contributed by atoms with E-state index in [1.54, 1.807) is 13.0 Å². The maximum absolute atomic E-state index is 12.2. The number of hydrogen-bond donors (Lipinski definition) is 0. The summed E-state index contributed by atoms with van der Waals surface area (Å²) in [4.78, 5) is 16.4. The predicted octanol–water partition coefficient (Wildman–Crippen LogP) is 0.617. The van der Waals surface area contributed by atoms with E-state index in [2.05, 4.69) is 17.1 Å². The summed E-state index contributed by atoms with van der Waals surface area (Å²) in [5.41, 5.74) is 0.441. The number of amides is 1. The highest BCUT2D eigenvalue weighted by molar-refractivity contribution is 5.92. The van der Waals surface area contributed by atoms with E-state index in [0.29, 0.717) is 23.3 Å². The molecule has 2 atom stereocenters. The number of aryl methyl sites for hydroxylation is 1. The van der Waals surface area contributed by atoms with E-state index < -0.39 is 0 Å². The molecule has 0 bridgehead atoms. The zero-order valence-corrected chi connectivity index (χ0v) is 10.2. The van der Waals surface area contributed by atoms with E-state index in [0.717, 1.165) is 26.2 Å². The normalized spacial score (nSPS) is 28.7. The van der Waals surface area contributed by atoms with Gasteiger partial charge in [0.2, 0.25) is 0 Å². The molecular weight excluding hydrogens is 218 g/mol. The van der Waals surface area contributed by atoms with Crippen molar-refractivity contribution in [2.45, 2.75) is 6.92 Å². The van der Waals surface area contributed by atoms with Gasteiger partial charge in [-0.2, -0.15) is 0 Å². The summed E-state index contributed by atoms with van der Waals surface area (Å²) >= 11 is 0. The first-order valence-corrected chi connectivity index (χ1v) is 6.04. The molecule has 5 heteroatoms. The van der Waals surface area contributed by atoms with Gasteiger partial charge in [-0.1, -0.05) is 5.16 Å². The second-order valence-corrected chi connectivity index (χ2v) is 5.27. The lowest BCUT2D eigenvalue weighted by Crippen LogP contribution is -2.32. The molecule has 2 aliphatic heterocycles. The van der Waals surface area contributed by atoms with Gasteiger partial charge in [-0.25, -0.2) is 0 Å². The van der Waals surface area contributed by atoms with Gasteiger partial charge in [0.25, 0.3) is 5.91 Å². The minimum absolute atomic E-state index is 0.0129. The van der Waals surface area contributed by atoms with Gasteiger partial charge in [-0.3, -0.25) is 4.79 Å². The van der Waals surface area contributed by atoms with E-state index in [1.165, 1.54) is 0 Å². The molecule has 1 aromatic heterocycles. The molecule has 17 heavy (non-hydrogen) atoms. The molecule has 0 aromatic carbocycles. The molecular formula is C12H17N3O2. The Morgan fingerprint density at radius 1 is 1.35 bits per heavy atom. The van der Waals surface area contributed by atoms with E-state index >= 15 is 0 Å². The van der Waals surface area contributed by atoms with Gasteiger partial charge in [-0.15, -0.1) is 0 Å². The summed E-state index contributed by atoms with van der Waals surface area (Å²) in [6, 6.07) is 1.71. The fourth-order valence-corrected chi connectivity index (χ4v) is 3.02. The largest absolute Gasteiger partial charge is 0.361 e. The first-order valence-electron chi connectivity index (χ1n) is 6.04. The topological polar surface area (TPSA) is 49.6 Å². The second kappa shape index (κ2) is 3.84. The van der Waals surface area contributed by atoms with Crippen molar-refractivity contribution in [3.8, 4) is 0 Å². The molecule has 92 valence electrons. The lowest BCUT2D eigenvalue weighted by atomic mass is 10.0. The minimum atomic E-state index is 0.0129. The van der Waals surface area contributed by atoms with Crippen molar-refractivity contribution in [2.75, 3.05) is 33.2 Å². The molecule has 5 nitrogen and oxygen atoms in total. The molecule has 3 heterocycles. The zero-order chi connectivity index (χ0) is 12.0. The molecule has 0 N–H and O–H groups in total. The number of hydrogen-bond acceptors (Lipinski definition) is 4. The van der Waals surface area contributed by atoms with Crippen LogP contribution in [0.4, 0.5) is 0 Å². The van der Waals surface area contributed by atoms with Crippen molar-refractivity contribution in [3.63, 3.8) is 0 Å². The third kappa shape index (κ3) is 1.84. The molecule has 1 amide bonds. The fraction of sp³-hybridized carbons (Fsp3) is 0.667. The van der Waals surface area contributed by atoms with Crippen LogP contribution < -0.4 is 0 Å². The van der Waals surface area contributed by atoms with E-state index in [9.17, 15) is 4.79 Å². The molecule has 1 aromatic rings. The Labute approximate surface area is 100 Å². The standard InChI is InChI=1S/C12H17N3O2/c1-8-3-11(13-17-8)12(16)15-6-9-4-14(2)5-10(9)7-15/h3,9-10H,4-7H2,1-2H3. The summed E-state index contributed by atoms with van der Waals surface area (Å²) in [7, 11) is 2.14. The predicted molar refractivity (Wildman–Crippen MR) is 61.6 cm³/mol. The molecule has 0 radical (unpaired) electrons. The average Bonchev–Trinajstić information content (AvgIpc) is 2.90. The van der Waals surface area contributed by atoms with Gasteiger partial charge in [0, 0.05) is 32.2 Å². The zero-order valence-electron chi connectivity index (χ0n) is 10.2. The monoisotopic (exact) mass is 235 g/mol. The lowest BCUT2D eigenvalue weighted by molar-refractivity contribution is 0.0765. The first-order chi connectivity index (χ1) is 8.13. The van der Waals surface area contributed by atoms with Gasteiger partial charge in [0.05, 0.1) is 0 Å². The number of aromatic nitrogens is 1. The first kappa shape index (κ1) is 10.8. The highest BCUT2D eigenvalue weighted by Gasteiger charge is 2.40. The van der Waals surface area contributed by atoms with Gasteiger partial charge in [-0.05, 0) is 25.8 Å². The fourth-order valence-electron chi connectivity index (χ4n) is 3.02. The van der Waals surface area contributed by atoms with Crippen LogP contribution >= 0.6 is 0 Å². The Hall–Kier alpha value is -1.36. The number of carbonyl (C=O) groups excluding carboxylic acids is 1. The number of nitrogens with zero attached hydrogens (tertiary/aromatic N) is 3. The number of rotatable bonds is 1. The molecule has 0 spiro atoms. The molecule has 3 rings (SSSR count). The molecule has 2 unspecified atom stereocenters. The van der Waals surface area contributed by atoms with Gasteiger partial charge in [0.1, 0.15) is 5.76 Å². The van der Waals surface area contributed by atoms with Gasteiger partial charge >= 0.3 is 0 Å². The van der Waals surface area contributed by atoms with Crippen LogP contribution in [-0.4, -0.2) is 54.1 Å². The molecule has 2 aliphatic rings. The highest BCUT2D eigenvalue weighted by atomic mass is 16.5. The van der Waals surface area contributed by atoms with Crippen molar-refractivity contribution in [1.29, 1.82) is 0 Å². The Morgan fingerprint density at radius 2 is 2.00 bits per heavy atom. The average molecular weight is 235 g/mol. The lowest BCUT2D eigenvalue weighted by Gasteiger charge is -2.17. The summed E-state index contributed by atoms with van der Waals surface area (Å²) in [5.74, 6) is 1.97. The van der Waals surface area contributed by atoms with E-state index in [4.69, 9.17) is 4.52 Å². The Balaban J connectivity index is 1.70. The smallest absolute Gasteiger partial charge is 0.276 e. The Kier molecular flexibility index (Phi) is 2.43. The van der Waals surface area contributed by atoms with E-state index in [1.807, 2.05) is 4.90 Å².